The van der Waals surface area contributed by atoms with Crippen LogP contribution in [0.15, 0.2) is 73.4 Å². The molecule has 303 valence electrons. The maximum atomic E-state index is 12.9. The molecule has 4 heterocycles. The molecular formula is C32H18F15IrN8-3. The molecule has 2 aromatic carbocycles. The molecule has 6 rings (SSSR count). The van der Waals surface area contributed by atoms with Crippen LogP contribution >= 0.6 is 0 Å². The van der Waals surface area contributed by atoms with E-state index in [0.29, 0.717) is 12.1 Å². The number of hydrogen-bond donors (Lipinski definition) is 0. The quantitative estimate of drug-likeness (QED) is 0.106. The van der Waals surface area contributed by atoms with Crippen molar-refractivity contribution in [2.45, 2.75) is 30.9 Å². The number of imidazole rings is 2. The Morgan fingerprint density at radius 2 is 1.07 bits per heavy atom. The Morgan fingerprint density at radius 3 is 1.38 bits per heavy atom. The summed E-state index contributed by atoms with van der Waals surface area (Å²) in [5, 5.41) is 6.25. The molecule has 0 aliphatic rings. The molecule has 0 amide bonds. The van der Waals surface area contributed by atoms with E-state index in [0.717, 1.165) is 9.13 Å². The molecule has 8 nitrogen and oxygen atoms in total. The van der Waals surface area contributed by atoms with Gasteiger partial charge in [0, 0.05) is 51.1 Å². The van der Waals surface area contributed by atoms with Gasteiger partial charge in [0.25, 0.3) is 0 Å². The number of rotatable bonds is 3. The van der Waals surface area contributed by atoms with Gasteiger partial charge in [-0.15, -0.1) is 0 Å². The van der Waals surface area contributed by atoms with E-state index in [1.165, 1.54) is 60.3 Å². The molecule has 0 saturated heterocycles. The van der Waals surface area contributed by atoms with Gasteiger partial charge in [-0.05, 0) is 18.0 Å². The van der Waals surface area contributed by atoms with Crippen molar-refractivity contribution in [2.75, 3.05) is 0 Å². The molecule has 56 heavy (non-hydrogen) atoms. The molecule has 1 radical (unpaired) electrons. The standard InChI is InChI=1S/2C12H7F6N2.C8H4F3N4.Ir/c2*1-19-4-5-20(7-19)10-3-2-8(11(13,14)15)6-9(10)12(16,17)18;9-8(10,11)7-13-6(14-15-7)5-3-1-2-4-12-5;/h2*2,4-6H,1H3;1-4H;/q3*-1;. The summed E-state index contributed by atoms with van der Waals surface area (Å²) in [6.07, 6.45) is -12.4. The van der Waals surface area contributed by atoms with Crippen LogP contribution in [0.1, 0.15) is 28.1 Å². The van der Waals surface area contributed by atoms with Crippen LogP contribution in [-0.4, -0.2) is 24.2 Å². The van der Waals surface area contributed by atoms with E-state index >= 15 is 0 Å². The van der Waals surface area contributed by atoms with Gasteiger partial charge in [-0.1, -0.05) is 39.7 Å². The van der Waals surface area contributed by atoms with Crippen molar-refractivity contribution in [2.24, 2.45) is 14.1 Å². The van der Waals surface area contributed by atoms with Crippen LogP contribution in [0.4, 0.5) is 65.9 Å². The molecule has 0 N–H and O–H groups in total. The van der Waals surface area contributed by atoms with Crippen LogP contribution in [0.5, 0.6) is 0 Å². The van der Waals surface area contributed by atoms with Gasteiger partial charge < -0.3 is 28.4 Å². The number of halogens is 15. The number of hydrogen-bond acceptors (Lipinski definition) is 3. The number of nitrogens with zero attached hydrogens (tertiary/aromatic N) is 8. The Morgan fingerprint density at radius 1 is 0.625 bits per heavy atom. The van der Waals surface area contributed by atoms with Crippen molar-refractivity contribution in [1.29, 1.82) is 0 Å². The summed E-state index contributed by atoms with van der Waals surface area (Å²) in [6.45, 7) is 0. The van der Waals surface area contributed by atoms with E-state index in [1.54, 1.807) is 12.1 Å². The molecule has 0 aliphatic carbocycles. The fraction of sp³-hybridized carbons (Fsp3) is 0.219. The van der Waals surface area contributed by atoms with Crippen LogP contribution < -0.4 is 14.2 Å². The summed E-state index contributed by atoms with van der Waals surface area (Å²) in [7, 11) is 3.04. The van der Waals surface area contributed by atoms with Gasteiger partial charge >= 0.3 is 30.9 Å². The fourth-order valence-electron chi connectivity index (χ4n) is 4.16. The molecular weight excluding hydrogens is 974 g/mol. The number of pyridine rings is 1. The first-order valence-corrected chi connectivity index (χ1v) is 14.4. The molecule has 4 aromatic heterocycles. The number of aromatic nitrogens is 8. The Balaban J connectivity index is 0.000000226. The molecule has 0 saturated carbocycles. The Labute approximate surface area is 318 Å². The van der Waals surface area contributed by atoms with E-state index in [1.807, 2.05) is 12.1 Å². The number of aryl methyl sites for hydroxylation is 2. The van der Waals surface area contributed by atoms with Crippen LogP contribution in [0, 0.1) is 24.8 Å². The minimum atomic E-state index is -4.93. The molecule has 0 bridgehead atoms. The largest absolute Gasteiger partial charge is 0.429 e. The average Bonchev–Trinajstić information content (AvgIpc) is 3.85. The summed E-state index contributed by atoms with van der Waals surface area (Å²) in [6, 6.07) is 9.95. The summed E-state index contributed by atoms with van der Waals surface area (Å²) in [4.78, 5) is 7.05. The van der Waals surface area contributed by atoms with E-state index in [4.69, 9.17) is 0 Å². The summed E-state index contributed by atoms with van der Waals surface area (Å²) < 4.78 is 193. The SMILES string of the molecule is C[n+]1[c-]n(-c2[c-]cc(C(F)(F)F)cc2C(F)(F)F)cc1.C[n+]1[c-]n(-c2[c-]cc(C(F)(F)F)cc2C(F)(F)F)cc1.FC(F)(F)c1n[n-]c(-c2ccccn2)n1.[Ir]. The van der Waals surface area contributed by atoms with Crippen molar-refractivity contribution >= 4 is 0 Å². The van der Waals surface area contributed by atoms with E-state index in [2.05, 4.69) is 32.8 Å². The third-order valence-electron chi connectivity index (χ3n) is 6.59. The monoisotopic (exact) mass is 992 g/mol. The van der Waals surface area contributed by atoms with Crippen LogP contribution in [0.25, 0.3) is 22.9 Å². The average molecular weight is 992 g/mol. The predicted octanol–water partition coefficient (Wildman–Crippen LogP) is 7.39. The van der Waals surface area contributed by atoms with Gasteiger partial charge in [-0.2, -0.15) is 102 Å². The fourth-order valence-corrected chi connectivity index (χ4v) is 4.16. The third kappa shape index (κ3) is 11.6. The van der Waals surface area contributed by atoms with Crippen LogP contribution in [0.2, 0.25) is 0 Å². The number of benzene rings is 2. The first kappa shape index (κ1) is 45.1. The van der Waals surface area contributed by atoms with Gasteiger partial charge in [0.05, 0.1) is 19.8 Å². The third-order valence-corrected chi connectivity index (χ3v) is 6.59. The topological polar surface area (TPSA) is 70.4 Å². The van der Waals surface area contributed by atoms with E-state index in [9.17, 15) is 65.9 Å². The minimum absolute atomic E-state index is 0. The van der Waals surface area contributed by atoms with Crippen LogP contribution in [0.3, 0.4) is 0 Å². The second-order valence-electron chi connectivity index (χ2n) is 10.7. The normalized spacial score (nSPS) is 12.2. The van der Waals surface area contributed by atoms with E-state index in [-0.39, 0.29) is 43.8 Å². The van der Waals surface area contributed by atoms with E-state index < -0.39 is 70.3 Å². The predicted molar refractivity (Wildman–Crippen MR) is 153 cm³/mol. The second-order valence-corrected chi connectivity index (χ2v) is 10.7. The Bertz CT molecular complexity index is 2080. The zero-order valence-corrected chi connectivity index (χ0v) is 29.9. The smallest absolute Gasteiger partial charge is 0.413 e. The Hall–Kier alpha value is -5.25. The molecule has 0 aliphatic heterocycles. The summed E-state index contributed by atoms with van der Waals surface area (Å²) in [5.74, 6) is -1.37. The van der Waals surface area contributed by atoms with Crippen molar-refractivity contribution in [1.82, 2.24) is 29.3 Å². The molecule has 24 heteroatoms. The molecule has 0 unspecified atom stereocenters. The van der Waals surface area contributed by atoms with Crippen molar-refractivity contribution < 1.29 is 95.1 Å². The maximum Gasteiger partial charge on any atom is 0.429 e. The molecule has 6 aromatic rings. The van der Waals surface area contributed by atoms with Gasteiger partial charge in [0.15, 0.2) is 0 Å². The zero-order chi connectivity index (χ0) is 41.1. The minimum Gasteiger partial charge on any atom is -0.413 e. The van der Waals surface area contributed by atoms with Gasteiger partial charge in [0.1, 0.15) is 5.82 Å². The maximum absolute atomic E-state index is 12.9. The molecule has 0 atom stereocenters. The van der Waals surface area contributed by atoms with Crippen molar-refractivity contribution in [3.8, 4) is 22.9 Å². The van der Waals surface area contributed by atoms with Gasteiger partial charge in [0.2, 0.25) is 12.7 Å². The zero-order valence-electron chi connectivity index (χ0n) is 27.5. The number of alkyl halides is 15. The van der Waals surface area contributed by atoms with Crippen molar-refractivity contribution in [3.05, 3.63) is 126 Å². The van der Waals surface area contributed by atoms with Crippen molar-refractivity contribution in [3.63, 3.8) is 0 Å². The van der Waals surface area contributed by atoms with Crippen LogP contribution in [-0.2, 0) is 65.1 Å². The molecule has 0 fully saturated rings. The van der Waals surface area contributed by atoms with Gasteiger partial charge in [-0.3, -0.25) is 10.1 Å². The second kappa shape index (κ2) is 16.9. The van der Waals surface area contributed by atoms with Gasteiger partial charge in [-0.25, -0.2) is 0 Å². The summed E-state index contributed by atoms with van der Waals surface area (Å²) >= 11 is 0. The first-order valence-electron chi connectivity index (χ1n) is 14.4. The molecule has 0 spiro atoms. The Kier molecular flexibility index (Phi) is 13.6. The first-order chi connectivity index (χ1) is 25.2. The summed E-state index contributed by atoms with van der Waals surface area (Å²) in [5.41, 5.74) is -6.44.